The van der Waals surface area contributed by atoms with Gasteiger partial charge in [-0.3, -0.25) is 0 Å². The first-order valence-electron chi connectivity index (χ1n) is 4.89. The van der Waals surface area contributed by atoms with Crippen LogP contribution in [0.4, 0.5) is 5.95 Å². The van der Waals surface area contributed by atoms with Gasteiger partial charge >= 0.3 is 0 Å². The van der Waals surface area contributed by atoms with Crippen molar-refractivity contribution in [3.63, 3.8) is 0 Å². The maximum Gasteiger partial charge on any atom is 0.265 e. The number of aliphatic hydroxyl groups is 1. The standard InChI is InChI=1S/C9H10N4O3S2/c1-6-8(4-7(5-14)17-6)18(15,16)13-9-10-2-3-11-12-9/h2-4,14H,5H2,1H3,(H,10,12,13). The average Bonchev–Trinajstić information content (AvgIpc) is 2.72. The third kappa shape index (κ3) is 2.63. The Morgan fingerprint density at radius 3 is 2.78 bits per heavy atom. The number of hydrogen-bond donors (Lipinski definition) is 2. The van der Waals surface area contributed by atoms with Crippen molar-refractivity contribution in [2.75, 3.05) is 4.72 Å². The molecule has 2 aromatic rings. The molecule has 0 aromatic carbocycles. The monoisotopic (exact) mass is 286 g/mol. The van der Waals surface area contributed by atoms with Gasteiger partial charge in [0.25, 0.3) is 16.0 Å². The molecule has 96 valence electrons. The van der Waals surface area contributed by atoms with E-state index in [2.05, 4.69) is 19.9 Å². The first-order valence-corrected chi connectivity index (χ1v) is 7.19. The van der Waals surface area contributed by atoms with Crippen molar-refractivity contribution < 1.29 is 13.5 Å². The van der Waals surface area contributed by atoms with Gasteiger partial charge in [0, 0.05) is 9.75 Å². The Hall–Kier alpha value is -1.58. The van der Waals surface area contributed by atoms with Gasteiger partial charge in [0.1, 0.15) is 4.90 Å². The van der Waals surface area contributed by atoms with Crippen molar-refractivity contribution in [2.45, 2.75) is 18.4 Å². The number of rotatable bonds is 4. The molecular formula is C9H10N4O3S2. The fourth-order valence-corrected chi connectivity index (χ4v) is 3.78. The molecule has 2 heterocycles. The zero-order chi connectivity index (χ0) is 13.2. The van der Waals surface area contributed by atoms with Crippen LogP contribution in [0.5, 0.6) is 0 Å². The quantitative estimate of drug-likeness (QED) is 0.849. The topological polar surface area (TPSA) is 105 Å². The van der Waals surface area contributed by atoms with Gasteiger partial charge in [-0.15, -0.1) is 16.4 Å². The second-order valence-electron chi connectivity index (χ2n) is 3.36. The summed E-state index contributed by atoms with van der Waals surface area (Å²) in [6.07, 6.45) is 2.68. The van der Waals surface area contributed by atoms with Crippen LogP contribution in [0.25, 0.3) is 0 Å². The molecule has 0 saturated carbocycles. The highest BCUT2D eigenvalue weighted by atomic mass is 32.2. The second-order valence-corrected chi connectivity index (χ2v) is 6.35. The van der Waals surface area contributed by atoms with Gasteiger partial charge in [0.05, 0.1) is 19.0 Å². The van der Waals surface area contributed by atoms with E-state index in [4.69, 9.17) is 5.11 Å². The lowest BCUT2D eigenvalue weighted by Gasteiger charge is -2.04. The largest absolute Gasteiger partial charge is 0.391 e. The minimum absolute atomic E-state index is 0.0892. The molecule has 0 unspecified atom stereocenters. The maximum absolute atomic E-state index is 12.1. The van der Waals surface area contributed by atoms with Crippen LogP contribution in [0, 0.1) is 6.92 Å². The molecule has 0 saturated heterocycles. The molecule has 0 aliphatic heterocycles. The van der Waals surface area contributed by atoms with Crippen molar-refractivity contribution >= 4 is 27.3 Å². The van der Waals surface area contributed by atoms with E-state index >= 15 is 0 Å². The lowest BCUT2D eigenvalue weighted by molar-refractivity contribution is 0.285. The molecule has 0 bridgehead atoms. The van der Waals surface area contributed by atoms with Gasteiger partial charge in [-0.25, -0.2) is 18.1 Å². The van der Waals surface area contributed by atoms with Gasteiger partial charge in [-0.2, -0.15) is 5.10 Å². The van der Waals surface area contributed by atoms with E-state index in [-0.39, 0.29) is 17.5 Å². The number of nitrogens with zero attached hydrogens (tertiary/aromatic N) is 3. The number of aliphatic hydroxyl groups excluding tert-OH is 1. The predicted octanol–water partition coefficient (Wildman–Crippen LogP) is 0.535. The summed E-state index contributed by atoms with van der Waals surface area (Å²) in [4.78, 5) is 5.03. The van der Waals surface area contributed by atoms with E-state index < -0.39 is 10.0 Å². The molecule has 0 spiro atoms. The summed E-state index contributed by atoms with van der Waals surface area (Å²) in [6.45, 7) is 1.48. The average molecular weight is 286 g/mol. The van der Waals surface area contributed by atoms with E-state index in [0.29, 0.717) is 9.75 Å². The van der Waals surface area contributed by atoms with Crippen molar-refractivity contribution in [1.29, 1.82) is 0 Å². The lowest BCUT2D eigenvalue weighted by Crippen LogP contribution is -2.15. The van der Waals surface area contributed by atoms with Crippen LogP contribution in [-0.2, 0) is 16.6 Å². The van der Waals surface area contributed by atoms with Crippen LogP contribution >= 0.6 is 11.3 Å². The molecule has 2 aromatic heterocycles. The second kappa shape index (κ2) is 4.96. The molecule has 2 rings (SSSR count). The fourth-order valence-electron chi connectivity index (χ4n) is 1.34. The molecule has 2 N–H and O–H groups in total. The summed E-state index contributed by atoms with van der Waals surface area (Å²) in [5.41, 5.74) is 0. The Balaban J connectivity index is 2.34. The smallest absolute Gasteiger partial charge is 0.265 e. The third-order valence-corrected chi connectivity index (χ3v) is 4.70. The highest BCUT2D eigenvalue weighted by molar-refractivity contribution is 7.92. The van der Waals surface area contributed by atoms with E-state index in [1.807, 2.05) is 0 Å². The molecule has 0 radical (unpaired) electrons. The first kappa shape index (κ1) is 12.9. The number of aromatic nitrogens is 3. The molecule has 18 heavy (non-hydrogen) atoms. The highest BCUT2D eigenvalue weighted by Gasteiger charge is 2.20. The SMILES string of the molecule is Cc1sc(CO)cc1S(=O)(=O)Nc1nccnn1. The van der Waals surface area contributed by atoms with Crippen molar-refractivity contribution in [3.8, 4) is 0 Å². The molecule has 9 heteroatoms. The van der Waals surface area contributed by atoms with Gasteiger partial charge < -0.3 is 5.11 Å². The van der Waals surface area contributed by atoms with Crippen LogP contribution in [0.3, 0.4) is 0 Å². The predicted molar refractivity (Wildman–Crippen MR) is 65.6 cm³/mol. The molecular weight excluding hydrogens is 276 g/mol. The van der Waals surface area contributed by atoms with Crippen LogP contribution < -0.4 is 4.72 Å². The summed E-state index contributed by atoms with van der Waals surface area (Å²) < 4.78 is 26.3. The van der Waals surface area contributed by atoms with E-state index in [1.165, 1.54) is 29.8 Å². The van der Waals surface area contributed by atoms with Crippen LogP contribution in [0.2, 0.25) is 0 Å². The molecule has 7 nitrogen and oxygen atoms in total. The minimum atomic E-state index is -3.75. The third-order valence-electron chi connectivity index (χ3n) is 2.08. The fraction of sp³-hybridized carbons (Fsp3) is 0.222. The van der Waals surface area contributed by atoms with Gasteiger partial charge in [0.2, 0.25) is 0 Å². The normalized spacial score (nSPS) is 11.4. The maximum atomic E-state index is 12.1. The summed E-state index contributed by atoms with van der Waals surface area (Å²) in [5.74, 6) is -0.0892. The minimum Gasteiger partial charge on any atom is -0.391 e. The number of sulfonamides is 1. The molecule has 0 aliphatic rings. The highest BCUT2D eigenvalue weighted by Crippen LogP contribution is 2.26. The Morgan fingerprint density at radius 2 is 2.22 bits per heavy atom. The Bertz CT molecular complexity index is 639. The van der Waals surface area contributed by atoms with E-state index in [0.717, 1.165) is 0 Å². The first-order chi connectivity index (χ1) is 8.53. The number of anilines is 1. The number of nitrogens with one attached hydrogen (secondary N) is 1. The van der Waals surface area contributed by atoms with Gasteiger partial charge in [-0.05, 0) is 13.0 Å². The zero-order valence-electron chi connectivity index (χ0n) is 9.36. The van der Waals surface area contributed by atoms with Crippen LogP contribution in [-0.4, -0.2) is 28.7 Å². The Morgan fingerprint density at radius 1 is 1.44 bits per heavy atom. The Kier molecular flexibility index (Phi) is 3.55. The summed E-state index contributed by atoms with van der Waals surface area (Å²) in [5, 5.41) is 16.1. The zero-order valence-corrected chi connectivity index (χ0v) is 11.0. The van der Waals surface area contributed by atoms with Gasteiger partial charge in [0.15, 0.2) is 0 Å². The van der Waals surface area contributed by atoms with E-state index in [9.17, 15) is 8.42 Å². The molecule has 0 atom stereocenters. The molecule has 0 aliphatic carbocycles. The summed E-state index contributed by atoms with van der Waals surface area (Å²) in [6, 6.07) is 1.43. The van der Waals surface area contributed by atoms with Crippen LogP contribution in [0.15, 0.2) is 23.4 Å². The van der Waals surface area contributed by atoms with Crippen LogP contribution in [0.1, 0.15) is 9.75 Å². The van der Waals surface area contributed by atoms with Gasteiger partial charge in [-0.1, -0.05) is 0 Å². The number of hydrogen-bond acceptors (Lipinski definition) is 7. The lowest BCUT2D eigenvalue weighted by atomic mass is 10.4. The summed E-state index contributed by atoms with van der Waals surface area (Å²) >= 11 is 1.23. The van der Waals surface area contributed by atoms with Crippen molar-refractivity contribution in [3.05, 3.63) is 28.2 Å². The van der Waals surface area contributed by atoms with Crippen molar-refractivity contribution in [1.82, 2.24) is 15.2 Å². The Labute approximate surface area is 108 Å². The summed E-state index contributed by atoms with van der Waals surface area (Å²) in [7, 11) is -3.75. The molecule has 0 amide bonds. The van der Waals surface area contributed by atoms with Crippen molar-refractivity contribution in [2.24, 2.45) is 0 Å². The molecule has 0 fully saturated rings. The van der Waals surface area contributed by atoms with E-state index in [1.54, 1.807) is 6.92 Å². The number of thiophene rings is 1. The number of aryl methyl sites for hydroxylation is 1.